The highest BCUT2D eigenvalue weighted by Crippen LogP contribution is 2.38. The number of para-hydroxylation sites is 1. The molecule has 1 amide bonds. The number of piperazine rings is 1. The van der Waals surface area contributed by atoms with E-state index in [4.69, 9.17) is 23.2 Å². The Labute approximate surface area is 224 Å². The van der Waals surface area contributed by atoms with Gasteiger partial charge in [-0.3, -0.25) is 4.79 Å². The summed E-state index contributed by atoms with van der Waals surface area (Å²) in [5.74, 6) is 0.851. The topological polar surface area (TPSA) is 53.4 Å². The number of allylic oxidation sites excluding steroid dienone is 1. The van der Waals surface area contributed by atoms with Gasteiger partial charge in [0.2, 0.25) is 0 Å². The molecule has 36 heavy (non-hydrogen) atoms. The summed E-state index contributed by atoms with van der Waals surface area (Å²) in [5, 5.41) is 8.77. The average molecular weight is 529 g/mol. The molecule has 8 heteroatoms. The van der Waals surface area contributed by atoms with Gasteiger partial charge >= 0.3 is 0 Å². The van der Waals surface area contributed by atoms with Crippen LogP contribution in [-0.2, 0) is 4.79 Å². The van der Waals surface area contributed by atoms with Gasteiger partial charge in [-0.05, 0) is 36.8 Å². The second-order valence-electron chi connectivity index (χ2n) is 8.02. The number of carbonyl (C=O) groups excluding carboxylic acids is 1. The molecule has 1 N–H and O–H groups in total. The molecule has 6 nitrogen and oxygen atoms in total. The van der Waals surface area contributed by atoms with Crippen molar-refractivity contribution in [1.82, 2.24) is 14.7 Å². The molecule has 1 aromatic heterocycles. The summed E-state index contributed by atoms with van der Waals surface area (Å²) < 4.78 is 1.83. The van der Waals surface area contributed by atoms with E-state index in [-0.39, 0.29) is 11.9 Å². The zero-order chi connectivity index (χ0) is 26.2. The molecule has 2 aliphatic rings. The second kappa shape index (κ2) is 12.8. The maximum Gasteiger partial charge on any atom is 0.254 e. The fraction of sp³-hybridized carbons (Fsp3) is 0.357. The quantitative estimate of drug-likeness (QED) is 0.403. The van der Waals surface area contributed by atoms with Crippen LogP contribution in [0.3, 0.4) is 0 Å². The van der Waals surface area contributed by atoms with Crippen molar-refractivity contribution in [2.75, 3.05) is 36.4 Å². The molecule has 2 aromatic carbocycles. The van der Waals surface area contributed by atoms with E-state index in [1.54, 1.807) is 12.3 Å². The van der Waals surface area contributed by atoms with Gasteiger partial charge in [0.15, 0.2) is 0 Å². The van der Waals surface area contributed by atoms with Crippen LogP contribution in [-0.4, -0.2) is 46.8 Å². The number of anilines is 2. The molecule has 2 aliphatic heterocycles. The van der Waals surface area contributed by atoms with Crippen LogP contribution >= 0.6 is 23.2 Å². The van der Waals surface area contributed by atoms with Crippen molar-refractivity contribution in [3.8, 4) is 0 Å². The average Bonchev–Trinajstić information content (AvgIpc) is 3.40. The van der Waals surface area contributed by atoms with Crippen molar-refractivity contribution in [2.45, 2.75) is 40.7 Å². The SMILES string of the molecule is CC.CC.CC1=C(C(=O)N2CCN(c3ccccc3)CC2)C(c2ccc(Cl)c(Cl)c2)n2nccc2N1. The Morgan fingerprint density at radius 1 is 0.917 bits per heavy atom. The molecule has 0 spiro atoms. The lowest BCUT2D eigenvalue weighted by atomic mass is 9.94. The number of carbonyl (C=O) groups is 1. The van der Waals surface area contributed by atoms with Crippen LogP contribution in [0.5, 0.6) is 0 Å². The first-order valence-corrected chi connectivity index (χ1v) is 13.3. The molecular formula is C28H35Cl2N5O. The van der Waals surface area contributed by atoms with Crippen LogP contribution in [0.15, 0.2) is 72.1 Å². The Kier molecular flexibility index (Phi) is 9.85. The van der Waals surface area contributed by atoms with Gasteiger partial charge in [0, 0.05) is 43.6 Å². The van der Waals surface area contributed by atoms with Crippen LogP contribution in [0.1, 0.15) is 46.2 Å². The van der Waals surface area contributed by atoms with Crippen molar-refractivity contribution in [3.05, 3.63) is 87.7 Å². The lowest BCUT2D eigenvalue weighted by Crippen LogP contribution is -2.50. The first kappa shape index (κ1) is 27.6. The molecule has 0 saturated carbocycles. The number of benzene rings is 2. The fourth-order valence-corrected chi connectivity index (χ4v) is 4.76. The van der Waals surface area contributed by atoms with Crippen LogP contribution in [0.2, 0.25) is 10.0 Å². The van der Waals surface area contributed by atoms with Gasteiger partial charge in [-0.2, -0.15) is 5.10 Å². The summed E-state index contributed by atoms with van der Waals surface area (Å²) in [5.41, 5.74) is 3.55. The monoisotopic (exact) mass is 527 g/mol. The third-order valence-electron chi connectivity index (χ3n) is 6.09. The normalized spacial score (nSPS) is 16.7. The molecule has 192 valence electrons. The Morgan fingerprint density at radius 3 is 2.22 bits per heavy atom. The van der Waals surface area contributed by atoms with Crippen LogP contribution < -0.4 is 10.2 Å². The molecule has 0 bridgehead atoms. The van der Waals surface area contributed by atoms with Crippen molar-refractivity contribution in [2.24, 2.45) is 0 Å². The minimum absolute atomic E-state index is 0.0138. The van der Waals surface area contributed by atoms with Crippen molar-refractivity contribution < 1.29 is 4.79 Å². The maximum atomic E-state index is 13.8. The van der Waals surface area contributed by atoms with E-state index in [1.165, 1.54) is 5.69 Å². The largest absolute Gasteiger partial charge is 0.368 e. The summed E-state index contributed by atoms with van der Waals surface area (Å²) in [7, 11) is 0. The van der Waals surface area contributed by atoms with Crippen molar-refractivity contribution >= 4 is 40.6 Å². The zero-order valence-electron chi connectivity index (χ0n) is 21.6. The number of nitrogens with one attached hydrogen (secondary N) is 1. The number of nitrogens with zero attached hydrogens (tertiary/aromatic N) is 4. The molecule has 1 unspecified atom stereocenters. The Hall–Kier alpha value is -2.96. The van der Waals surface area contributed by atoms with E-state index in [0.717, 1.165) is 30.2 Å². The number of halogens is 2. The fourth-order valence-electron chi connectivity index (χ4n) is 4.45. The number of amides is 1. The second-order valence-corrected chi connectivity index (χ2v) is 8.83. The first-order chi connectivity index (χ1) is 17.5. The van der Waals surface area contributed by atoms with Gasteiger partial charge in [-0.1, -0.05) is 75.2 Å². The maximum absolute atomic E-state index is 13.8. The van der Waals surface area contributed by atoms with Crippen LogP contribution in [0.4, 0.5) is 11.5 Å². The molecule has 1 fully saturated rings. The summed E-state index contributed by atoms with van der Waals surface area (Å²) in [6.07, 6.45) is 1.73. The molecule has 1 atom stereocenters. The van der Waals surface area contributed by atoms with E-state index < -0.39 is 0 Å². The predicted molar refractivity (Wildman–Crippen MR) is 151 cm³/mol. The first-order valence-electron chi connectivity index (χ1n) is 12.6. The number of hydrogen-bond acceptors (Lipinski definition) is 4. The summed E-state index contributed by atoms with van der Waals surface area (Å²) in [6, 6.07) is 17.3. The molecule has 5 rings (SSSR count). The van der Waals surface area contributed by atoms with Gasteiger partial charge in [0.05, 0.1) is 21.8 Å². The van der Waals surface area contributed by atoms with Crippen molar-refractivity contribution in [3.63, 3.8) is 0 Å². The van der Waals surface area contributed by atoms with Crippen molar-refractivity contribution in [1.29, 1.82) is 0 Å². The number of hydrogen-bond donors (Lipinski definition) is 1. The van der Waals surface area contributed by atoms with Crippen LogP contribution in [0, 0.1) is 0 Å². The highest BCUT2D eigenvalue weighted by Gasteiger charge is 2.36. The van der Waals surface area contributed by atoms with Gasteiger partial charge in [0.1, 0.15) is 11.9 Å². The van der Waals surface area contributed by atoms with E-state index >= 15 is 0 Å². The molecular weight excluding hydrogens is 493 g/mol. The smallest absolute Gasteiger partial charge is 0.254 e. The van der Waals surface area contributed by atoms with E-state index in [0.29, 0.717) is 28.7 Å². The van der Waals surface area contributed by atoms with Gasteiger partial charge in [0.25, 0.3) is 5.91 Å². The molecule has 1 saturated heterocycles. The lowest BCUT2D eigenvalue weighted by molar-refractivity contribution is -0.128. The minimum Gasteiger partial charge on any atom is -0.368 e. The van der Waals surface area contributed by atoms with Gasteiger partial charge in [-0.25, -0.2) is 4.68 Å². The molecule has 0 radical (unpaired) electrons. The number of aromatic nitrogens is 2. The standard InChI is InChI=1S/C24H23Cl2N5O.2C2H6/c1-16-22(24(32)30-13-11-29(12-14-30)18-5-3-2-4-6-18)23(31-21(28-16)9-10-27-31)17-7-8-19(25)20(26)15-17;2*1-2/h2-10,15,23,28H,11-14H2,1H3;2*1-2H3. The highest BCUT2D eigenvalue weighted by atomic mass is 35.5. The predicted octanol–water partition coefficient (Wildman–Crippen LogP) is 6.88. The van der Waals surface area contributed by atoms with E-state index in [2.05, 4.69) is 27.4 Å². The molecule has 3 heterocycles. The molecule has 3 aromatic rings. The Morgan fingerprint density at radius 2 is 1.58 bits per heavy atom. The number of rotatable bonds is 3. The summed E-state index contributed by atoms with van der Waals surface area (Å²) in [4.78, 5) is 18.0. The third kappa shape index (κ3) is 5.71. The van der Waals surface area contributed by atoms with E-state index in [9.17, 15) is 4.79 Å². The highest BCUT2D eigenvalue weighted by molar-refractivity contribution is 6.42. The lowest BCUT2D eigenvalue weighted by Gasteiger charge is -2.38. The minimum atomic E-state index is -0.379. The summed E-state index contributed by atoms with van der Waals surface area (Å²) >= 11 is 12.5. The Balaban J connectivity index is 0.000000861. The summed E-state index contributed by atoms with van der Waals surface area (Å²) in [6.45, 7) is 12.8. The van der Waals surface area contributed by atoms with Crippen LogP contribution in [0.25, 0.3) is 0 Å². The third-order valence-corrected chi connectivity index (χ3v) is 6.82. The zero-order valence-corrected chi connectivity index (χ0v) is 23.1. The Bertz CT molecular complexity index is 1180. The van der Waals surface area contributed by atoms with Gasteiger partial charge in [-0.15, -0.1) is 0 Å². The van der Waals surface area contributed by atoms with Gasteiger partial charge < -0.3 is 15.1 Å². The number of fused-ring (bicyclic) bond motifs is 1. The molecule has 0 aliphatic carbocycles. The van der Waals surface area contributed by atoms with E-state index in [1.807, 2.05) is 80.6 Å².